The van der Waals surface area contributed by atoms with Gasteiger partial charge in [-0.1, -0.05) is 30.7 Å². The zero-order valence-corrected chi connectivity index (χ0v) is 14.8. The number of benzene rings is 2. The van der Waals surface area contributed by atoms with Gasteiger partial charge in [0.2, 0.25) is 0 Å². The smallest absolute Gasteiger partial charge is 0.161 e. The van der Waals surface area contributed by atoms with Crippen LogP contribution in [-0.2, 0) is 6.54 Å². The lowest BCUT2D eigenvalue weighted by atomic mass is 10.0. The van der Waals surface area contributed by atoms with Crippen molar-refractivity contribution in [2.75, 3.05) is 19.0 Å². The third-order valence-corrected chi connectivity index (χ3v) is 3.84. The first kappa shape index (κ1) is 17.2. The van der Waals surface area contributed by atoms with Gasteiger partial charge in [-0.25, -0.2) is 0 Å². The molecule has 1 N–H and O–H groups in total. The van der Waals surface area contributed by atoms with E-state index in [0.717, 1.165) is 24.5 Å². The van der Waals surface area contributed by atoms with Crippen molar-refractivity contribution >= 4 is 5.69 Å². The highest BCUT2D eigenvalue weighted by atomic mass is 16.5. The van der Waals surface area contributed by atoms with Crippen LogP contribution >= 0.6 is 0 Å². The van der Waals surface area contributed by atoms with Crippen molar-refractivity contribution in [2.24, 2.45) is 0 Å². The summed E-state index contributed by atoms with van der Waals surface area (Å²) < 4.78 is 11.1. The number of hydrogen-bond donors (Lipinski definition) is 1. The molecule has 0 aliphatic rings. The number of aryl methyl sites for hydroxylation is 3. The highest BCUT2D eigenvalue weighted by Gasteiger charge is 2.07. The van der Waals surface area contributed by atoms with E-state index in [1.807, 2.05) is 12.1 Å². The molecule has 0 saturated heterocycles. The Bertz CT molecular complexity index is 642. The second-order valence-corrected chi connectivity index (χ2v) is 5.96. The van der Waals surface area contributed by atoms with Crippen LogP contribution in [0.1, 0.15) is 35.6 Å². The maximum atomic E-state index is 5.70. The summed E-state index contributed by atoms with van der Waals surface area (Å²) in [6.07, 6.45) is 0.985. The summed E-state index contributed by atoms with van der Waals surface area (Å²) >= 11 is 0. The largest absolute Gasteiger partial charge is 0.493 e. The van der Waals surface area contributed by atoms with Gasteiger partial charge < -0.3 is 14.8 Å². The van der Waals surface area contributed by atoms with E-state index >= 15 is 0 Å². The van der Waals surface area contributed by atoms with E-state index < -0.39 is 0 Å². The van der Waals surface area contributed by atoms with Crippen molar-refractivity contribution < 1.29 is 9.47 Å². The van der Waals surface area contributed by atoms with Crippen molar-refractivity contribution in [1.29, 1.82) is 0 Å². The standard InChI is InChI=1S/C20H27NO2/c1-6-9-23-18-8-7-17(12-19(18)22-5)13-21-20-15(3)10-14(2)11-16(20)4/h7-8,10-12,21H,6,9,13H2,1-5H3. The summed E-state index contributed by atoms with van der Waals surface area (Å²) in [5, 5.41) is 3.54. The molecule has 0 atom stereocenters. The molecular formula is C20H27NO2. The lowest BCUT2D eigenvalue weighted by Gasteiger charge is -2.15. The average molecular weight is 313 g/mol. The van der Waals surface area contributed by atoms with Crippen molar-refractivity contribution in [3.05, 3.63) is 52.6 Å². The molecule has 0 fully saturated rings. The van der Waals surface area contributed by atoms with Gasteiger partial charge in [-0.2, -0.15) is 0 Å². The Morgan fingerprint density at radius 1 is 0.957 bits per heavy atom. The van der Waals surface area contributed by atoms with Gasteiger partial charge in [0.15, 0.2) is 11.5 Å². The van der Waals surface area contributed by atoms with Gasteiger partial charge >= 0.3 is 0 Å². The third-order valence-electron chi connectivity index (χ3n) is 3.84. The van der Waals surface area contributed by atoms with Crippen molar-refractivity contribution in [3.8, 4) is 11.5 Å². The van der Waals surface area contributed by atoms with Crippen LogP contribution in [0.4, 0.5) is 5.69 Å². The molecule has 0 aliphatic carbocycles. The predicted molar refractivity (Wildman–Crippen MR) is 96.8 cm³/mol. The second kappa shape index (κ2) is 7.91. The molecule has 2 aromatic carbocycles. The molecule has 2 rings (SSSR count). The van der Waals surface area contributed by atoms with E-state index in [4.69, 9.17) is 9.47 Å². The highest BCUT2D eigenvalue weighted by Crippen LogP contribution is 2.29. The first-order chi connectivity index (χ1) is 11.0. The Balaban J connectivity index is 2.12. The molecule has 3 nitrogen and oxygen atoms in total. The van der Waals surface area contributed by atoms with Gasteiger partial charge in [0.1, 0.15) is 0 Å². The van der Waals surface area contributed by atoms with Crippen LogP contribution in [0.2, 0.25) is 0 Å². The minimum absolute atomic E-state index is 0.704. The molecule has 0 saturated carbocycles. The minimum atomic E-state index is 0.704. The predicted octanol–water partition coefficient (Wildman–Crippen LogP) is 5.02. The van der Waals surface area contributed by atoms with Crippen LogP contribution in [0.25, 0.3) is 0 Å². The molecular weight excluding hydrogens is 286 g/mol. The van der Waals surface area contributed by atoms with Crippen LogP contribution in [-0.4, -0.2) is 13.7 Å². The molecule has 0 heterocycles. The molecule has 0 aliphatic heterocycles. The molecule has 0 bridgehead atoms. The number of anilines is 1. The molecule has 0 radical (unpaired) electrons. The first-order valence-corrected chi connectivity index (χ1v) is 8.16. The summed E-state index contributed by atoms with van der Waals surface area (Å²) in [5.41, 5.74) is 6.23. The van der Waals surface area contributed by atoms with E-state index in [-0.39, 0.29) is 0 Å². The number of rotatable bonds is 7. The maximum absolute atomic E-state index is 5.70. The first-order valence-electron chi connectivity index (χ1n) is 8.16. The summed E-state index contributed by atoms with van der Waals surface area (Å²) in [6, 6.07) is 10.5. The number of methoxy groups -OCH3 is 1. The van der Waals surface area contributed by atoms with Crippen LogP contribution in [0.5, 0.6) is 11.5 Å². The van der Waals surface area contributed by atoms with E-state index in [1.165, 1.54) is 27.9 Å². The van der Waals surface area contributed by atoms with Gasteiger partial charge in [0.05, 0.1) is 13.7 Å². The molecule has 2 aromatic rings. The maximum Gasteiger partial charge on any atom is 0.161 e. The summed E-state index contributed by atoms with van der Waals surface area (Å²) in [4.78, 5) is 0. The summed E-state index contributed by atoms with van der Waals surface area (Å²) in [5.74, 6) is 1.59. The zero-order valence-electron chi connectivity index (χ0n) is 14.8. The van der Waals surface area contributed by atoms with E-state index in [0.29, 0.717) is 6.61 Å². The lowest BCUT2D eigenvalue weighted by Crippen LogP contribution is -2.04. The topological polar surface area (TPSA) is 30.5 Å². The summed E-state index contributed by atoms with van der Waals surface area (Å²) in [7, 11) is 1.68. The average Bonchev–Trinajstić information content (AvgIpc) is 2.52. The number of hydrogen-bond acceptors (Lipinski definition) is 3. The van der Waals surface area contributed by atoms with Gasteiger partial charge in [0, 0.05) is 12.2 Å². The van der Waals surface area contributed by atoms with Gasteiger partial charge in [-0.3, -0.25) is 0 Å². The summed E-state index contributed by atoms with van der Waals surface area (Å²) in [6.45, 7) is 9.97. The fourth-order valence-electron chi connectivity index (χ4n) is 2.80. The molecule has 0 unspecified atom stereocenters. The Labute approximate surface area is 139 Å². The zero-order chi connectivity index (χ0) is 16.8. The van der Waals surface area contributed by atoms with Crippen LogP contribution in [0.15, 0.2) is 30.3 Å². The molecule has 0 spiro atoms. The number of ether oxygens (including phenoxy) is 2. The fourth-order valence-corrected chi connectivity index (χ4v) is 2.80. The van der Waals surface area contributed by atoms with Gasteiger partial charge in [-0.05, 0) is 56.0 Å². The van der Waals surface area contributed by atoms with Gasteiger partial charge in [-0.15, -0.1) is 0 Å². The second-order valence-electron chi connectivity index (χ2n) is 5.96. The normalized spacial score (nSPS) is 10.5. The van der Waals surface area contributed by atoms with Crippen molar-refractivity contribution in [2.45, 2.75) is 40.7 Å². The van der Waals surface area contributed by atoms with E-state index in [2.05, 4.69) is 51.2 Å². The van der Waals surface area contributed by atoms with Crippen LogP contribution in [0, 0.1) is 20.8 Å². The third kappa shape index (κ3) is 4.41. The molecule has 0 amide bonds. The molecule has 124 valence electrons. The fraction of sp³-hybridized carbons (Fsp3) is 0.400. The highest BCUT2D eigenvalue weighted by molar-refractivity contribution is 5.58. The van der Waals surface area contributed by atoms with E-state index in [1.54, 1.807) is 7.11 Å². The Morgan fingerprint density at radius 3 is 2.26 bits per heavy atom. The molecule has 0 aromatic heterocycles. The van der Waals surface area contributed by atoms with Crippen LogP contribution in [0.3, 0.4) is 0 Å². The Hall–Kier alpha value is -2.16. The lowest BCUT2D eigenvalue weighted by molar-refractivity contribution is 0.294. The van der Waals surface area contributed by atoms with E-state index in [9.17, 15) is 0 Å². The monoisotopic (exact) mass is 313 g/mol. The van der Waals surface area contributed by atoms with Crippen molar-refractivity contribution in [3.63, 3.8) is 0 Å². The van der Waals surface area contributed by atoms with Crippen molar-refractivity contribution in [1.82, 2.24) is 0 Å². The Morgan fingerprint density at radius 2 is 1.65 bits per heavy atom. The SMILES string of the molecule is CCCOc1ccc(CNc2c(C)cc(C)cc2C)cc1OC. The van der Waals surface area contributed by atoms with Crippen LogP contribution < -0.4 is 14.8 Å². The molecule has 23 heavy (non-hydrogen) atoms. The van der Waals surface area contributed by atoms with Gasteiger partial charge in [0.25, 0.3) is 0 Å². The molecule has 3 heteroatoms. The Kier molecular flexibility index (Phi) is 5.91. The minimum Gasteiger partial charge on any atom is -0.493 e. The number of nitrogens with one attached hydrogen (secondary N) is 1. The quantitative estimate of drug-likeness (QED) is 0.778.